The Morgan fingerprint density at radius 3 is 2.46 bits per heavy atom. The van der Waals surface area contributed by atoms with Gasteiger partial charge < -0.3 is 40.4 Å². The van der Waals surface area contributed by atoms with E-state index in [9.17, 15) is 4.79 Å². The number of urea groups is 1. The Morgan fingerprint density at radius 2 is 1.71 bits per heavy atom. The lowest BCUT2D eigenvalue weighted by molar-refractivity contribution is 0.122. The van der Waals surface area contributed by atoms with Crippen LogP contribution in [0.4, 0.5) is 39.3 Å². The van der Waals surface area contributed by atoms with Gasteiger partial charge in [-0.3, -0.25) is 0 Å². The topological polar surface area (TPSA) is 122 Å². The summed E-state index contributed by atoms with van der Waals surface area (Å²) in [7, 11) is 3.22. The Kier molecular flexibility index (Phi) is 9.48. The average Bonchev–Trinajstić information content (AvgIpc) is 3.00. The van der Waals surface area contributed by atoms with E-state index in [4.69, 9.17) is 25.8 Å². The van der Waals surface area contributed by atoms with Crippen molar-refractivity contribution < 1.29 is 19.0 Å². The number of amides is 2. The predicted octanol–water partition coefficient (Wildman–Crippen LogP) is 5.93. The Morgan fingerprint density at radius 1 is 0.976 bits per heavy atom. The molecule has 0 spiro atoms. The third-order valence-electron chi connectivity index (χ3n) is 7.18. The van der Waals surface area contributed by atoms with Gasteiger partial charge >= 0.3 is 6.03 Å². The number of nitrogens with zero attached hydrogens (tertiary/aromatic N) is 3. The first-order valence-corrected chi connectivity index (χ1v) is 14.2. The van der Waals surface area contributed by atoms with Crippen molar-refractivity contribution >= 4 is 52.1 Å². The zero-order valence-electron chi connectivity index (χ0n) is 23.3. The van der Waals surface area contributed by atoms with Gasteiger partial charge in [0.05, 0.1) is 45.0 Å². The zero-order valence-corrected chi connectivity index (χ0v) is 24.1. The summed E-state index contributed by atoms with van der Waals surface area (Å²) in [6, 6.07) is 11.2. The number of ether oxygens (including phenoxy) is 3. The van der Waals surface area contributed by atoms with Gasteiger partial charge in [-0.15, -0.1) is 0 Å². The molecule has 1 saturated heterocycles. The highest BCUT2D eigenvalue weighted by Gasteiger charge is 2.18. The number of nitrogens with one attached hydrogen (secondary N) is 4. The Balaban J connectivity index is 1.26. The number of rotatable bonds is 9. The first-order valence-electron chi connectivity index (χ1n) is 13.9. The third-order valence-corrected chi connectivity index (χ3v) is 7.46. The Hall–Kier alpha value is -3.96. The van der Waals surface area contributed by atoms with Crippen LogP contribution in [0.3, 0.4) is 0 Å². The monoisotopic (exact) mass is 581 g/mol. The van der Waals surface area contributed by atoms with Crippen LogP contribution in [0.1, 0.15) is 32.1 Å². The van der Waals surface area contributed by atoms with E-state index < -0.39 is 0 Å². The van der Waals surface area contributed by atoms with Crippen molar-refractivity contribution in [2.75, 3.05) is 61.4 Å². The molecule has 0 radical (unpaired) electrons. The lowest BCUT2D eigenvalue weighted by Gasteiger charge is -2.30. The van der Waals surface area contributed by atoms with E-state index in [-0.39, 0.29) is 12.1 Å². The molecule has 2 fully saturated rings. The van der Waals surface area contributed by atoms with Crippen LogP contribution in [0.5, 0.6) is 11.5 Å². The van der Waals surface area contributed by atoms with E-state index in [0.29, 0.717) is 47.1 Å². The number of morpholine rings is 1. The van der Waals surface area contributed by atoms with Crippen molar-refractivity contribution in [3.8, 4) is 11.5 Å². The van der Waals surface area contributed by atoms with Gasteiger partial charge in [0.15, 0.2) is 5.82 Å². The second kappa shape index (κ2) is 13.6. The maximum Gasteiger partial charge on any atom is 0.319 e. The maximum absolute atomic E-state index is 12.5. The van der Waals surface area contributed by atoms with Crippen molar-refractivity contribution in [3.05, 3.63) is 47.6 Å². The maximum atomic E-state index is 12.5. The van der Waals surface area contributed by atoms with Crippen LogP contribution >= 0.6 is 11.6 Å². The SMILES string of the molecule is COc1cc(NC(=O)NC2CCCCC2)ccc1Nc1ncc(Cl)c(Nc2ccc(N3CCOCC3)c(OC)c2)n1. The molecule has 11 nitrogen and oxygen atoms in total. The minimum absolute atomic E-state index is 0.217. The largest absolute Gasteiger partial charge is 0.495 e. The van der Waals surface area contributed by atoms with E-state index in [0.717, 1.165) is 55.9 Å². The van der Waals surface area contributed by atoms with E-state index in [1.54, 1.807) is 32.4 Å². The normalized spacial score (nSPS) is 15.6. The van der Waals surface area contributed by atoms with Gasteiger partial charge in [-0.1, -0.05) is 30.9 Å². The molecular weight excluding hydrogens is 546 g/mol. The number of aromatic nitrogens is 2. The summed E-state index contributed by atoms with van der Waals surface area (Å²) < 4.78 is 16.7. The number of carbonyl (C=O) groups is 1. The number of methoxy groups -OCH3 is 2. The fourth-order valence-corrected chi connectivity index (χ4v) is 5.20. The van der Waals surface area contributed by atoms with Crippen LogP contribution in [0.15, 0.2) is 42.6 Å². The average molecular weight is 582 g/mol. The quantitative estimate of drug-likeness (QED) is 0.244. The van der Waals surface area contributed by atoms with E-state index in [1.165, 1.54) is 12.6 Å². The lowest BCUT2D eigenvalue weighted by atomic mass is 9.96. The minimum atomic E-state index is -0.217. The molecule has 2 aliphatic rings. The molecule has 1 aliphatic carbocycles. The van der Waals surface area contributed by atoms with Gasteiger partial charge in [0.25, 0.3) is 0 Å². The molecule has 1 aliphatic heterocycles. The zero-order chi connectivity index (χ0) is 28.6. The first kappa shape index (κ1) is 28.6. The number of benzene rings is 2. The summed E-state index contributed by atoms with van der Waals surface area (Å²) in [6.07, 6.45) is 7.10. The molecular formula is C29H36ClN7O4. The summed E-state index contributed by atoms with van der Waals surface area (Å²) >= 11 is 6.43. The molecule has 1 saturated carbocycles. The third kappa shape index (κ3) is 7.42. The molecule has 218 valence electrons. The highest BCUT2D eigenvalue weighted by Crippen LogP contribution is 2.35. The number of carbonyl (C=O) groups excluding carboxylic acids is 1. The number of hydrogen-bond donors (Lipinski definition) is 4. The molecule has 4 N–H and O–H groups in total. The molecule has 2 aromatic carbocycles. The smallest absolute Gasteiger partial charge is 0.319 e. The second-order valence-corrected chi connectivity index (χ2v) is 10.4. The fourth-order valence-electron chi connectivity index (χ4n) is 5.06. The lowest BCUT2D eigenvalue weighted by Crippen LogP contribution is -2.39. The van der Waals surface area contributed by atoms with Crippen molar-refractivity contribution in [2.24, 2.45) is 0 Å². The second-order valence-electron chi connectivity index (χ2n) is 9.97. The van der Waals surface area contributed by atoms with Crippen molar-refractivity contribution in [2.45, 2.75) is 38.1 Å². The number of anilines is 6. The van der Waals surface area contributed by atoms with Crippen LogP contribution in [0.25, 0.3) is 0 Å². The van der Waals surface area contributed by atoms with Gasteiger partial charge in [-0.25, -0.2) is 9.78 Å². The van der Waals surface area contributed by atoms with Crippen molar-refractivity contribution in [1.29, 1.82) is 0 Å². The van der Waals surface area contributed by atoms with Gasteiger partial charge in [0.2, 0.25) is 5.95 Å². The van der Waals surface area contributed by atoms with Gasteiger partial charge in [0, 0.05) is 42.6 Å². The number of halogens is 1. The Bertz CT molecular complexity index is 1350. The summed E-state index contributed by atoms with van der Waals surface area (Å²) in [5.74, 6) is 2.02. The molecule has 0 atom stereocenters. The van der Waals surface area contributed by atoms with E-state index in [1.807, 2.05) is 18.2 Å². The Labute approximate surface area is 244 Å². The van der Waals surface area contributed by atoms with Crippen LogP contribution in [0, 0.1) is 0 Å². The summed E-state index contributed by atoms with van der Waals surface area (Å²) in [5.41, 5.74) is 3.03. The highest BCUT2D eigenvalue weighted by molar-refractivity contribution is 6.32. The number of hydrogen-bond acceptors (Lipinski definition) is 9. The summed E-state index contributed by atoms with van der Waals surface area (Å²) in [5, 5.41) is 12.8. The van der Waals surface area contributed by atoms with Gasteiger partial charge in [-0.05, 0) is 37.1 Å². The van der Waals surface area contributed by atoms with E-state index in [2.05, 4.69) is 36.1 Å². The van der Waals surface area contributed by atoms with E-state index >= 15 is 0 Å². The van der Waals surface area contributed by atoms with Crippen molar-refractivity contribution in [3.63, 3.8) is 0 Å². The molecule has 41 heavy (non-hydrogen) atoms. The highest BCUT2D eigenvalue weighted by atomic mass is 35.5. The van der Waals surface area contributed by atoms with Crippen LogP contribution in [-0.2, 0) is 4.74 Å². The van der Waals surface area contributed by atoms with Crippen LogP contribution in [0.2, 0.25) is 5.02 Å². The summed E-state index contributed by atoms with van der Waals surface area (Å²) in [4.78, 5) is 23.6. The standard InChI is InChI=1S/C29H36ClN7O4/c1-39-25-16-21(34-29(38)33-19-6-4-3-5-7-19)8-10-23(25)35-28-31-18-22(30)27(36-28)32-20-9-11-24(26(17-20)40-2)37-12-14-41-15-13-37/h8-11,16-19H,3-7,12-15H2,1-2H3,(H2,33,34,38)(H2,31,32,35,36). The molecule has 0 bridgehead atoms. The van der Waals surface area contributed by atoms with Gasteiger partial charge in [-0.2, -0.15) is 4.98 Å². The fraction of sp³-hybridized carbons (Fsp3) is 0.414. The van der Waals surface area contributed by atoms with Crippen LogP contribution in [-0.4, -0.2) is 62.6 Å². The molecule has 5 rings (SSSR count). The van der Waals surface area contributed by atoms with Crippen LogP contribution < -0.4 is 35.6 Å². The molecule has 1 aromatic heterocycles. The molecule has 2 amide bonds. The molecule has 3 aromatic rings. The summed E-state index contributed by atoms with van der Waals surface area (Å²) in [6.45, 7) is 3.00. The molecule has 12 heteroatoms. The van der Waals surface area contributed by atoms with Gasteiger partial charge in [0.1, 0.15) is 16.5 Å². The van der Waals surface area contributed by atoms with Crippen molar-refractivity contribution in [1.82, 2.24) is 15.3 Å². The first-order chi connectivity index (χ1) is 20.0. The molecule has 2 heterocycles. The minimum Gasteiger partial charge on any atom is -0.495 e. The molecule has 0 unspecified atom stereocenters. The predicted molar refractivity (Wildman–Crippen MR) is 162 cm³/mol.